The summed E-state index contributed by atoms with van der Waals surface area (Å²) in [5.41, 5.74) is 0. The monoisotopic (exact) mass is 390 g/mol. The molecule has 1 N–H and O–H groups in total. The van der Waals surface area contributed by atoms with Gasteiger partial charge in [-0.25, -0.2) is 4.89 Å². The molecule has 0 spiro atoms. The maximum Gasteiger partial charge on any atom is 0.305 e. The number of rotatable bonds is 17. The van der Waals surface area contributed by atoms with Crippen molar-refractivity contribution in [1.29, 1.82) is 0 Å². The van der Waals surface area contributed by atoms with Gasteiger partial charge in [0.1, 0.15) is 6.10 Å². The van der Waals surface area contributed by atoms with Crippen molar-refractivity contribution in [1.82, 2.24) is 0 Å². The zero-order valence-corrected chi connectivity index (χ0v) is 17.6. The number of carbonyl (C=O) groups is 1. The lowest BCUT2D eigenvalue weighted by Gasteiger charge is -2.03. The van der Waals surface area contributed by atoms with Crippen molar-refractivity contribution < 1.29 is 19.7 Å². The molecule has 1 atom stereocenters. The molecule has 0 heterocycles. The molecule has 0 aromatic carbocycles. The summed E-state index contributed by atoms with van der Waals surface area (Å²) in [5, 5.41) is 8.87. The van der Waals surface area contributed by atoms with E-state index in [1.54, 1.807) is 0 Å². The number of unbranched alkanes of at least 4 members (excludes halogenated alkanes) is 3. The predicted octanol–water partition coefficient (Wildman–Crippen LogP) is 6.72. The van der Waals surface area contributed by atoms with E-state index in [4.69, 9.17) is 9.99 Å². The molecule has 158 valence electrons. The van der Waals surface area contributed by atoms with Crippen LogP contribution < -0.4 is 0 Å². The molecule has 0 bridgehead atoms. The fourth-order valence-corrected chi connectivity index (χ4v) is 2.39. The maximum atomic E-state index is 11.2. The number of hydrogen-bond donors (Lipinski definition) is 1. The number of esters is 1. The summed E-state index contributed by atoms with van der Waals surface area (Å²) in [5.74, 6) is -0.0859. The van der Waals surface area contributed by atoms with Crippen LogP contribution in [0.1, 0.15) is 71.6 Å². The molecule has 0 aliphatic rings. The summed E-state index contributed by atoms with van der Waals surface area (Å²) < 4.78 is 4.90. The van der Waals surface area contributed by atoms with Crippen molar-refractivity contribution in [2.75, 3.05) is 6.61 Å². The van der Waals surface area contributed by atoms with E-state index in [9.17, 15) is 4.79 Å². The number of carbonyl (C=O) groups excluding carboxylic acids is 1. The zero-order chi connectivity index (χ0) is 20.7. The van der Waals surface area contributed by atoms with Crippen LogP contribution in [0.15, 0.2) is 60.8 Å². The molecule has 0 radical (unpaired) electrons. The molecular formula is C24H38O4. The Morgan fingerprint density at radius 1 is 0.893 bits per heavy atom. The molecule has 0 rings (SSSR count). The lowest BCUT2D eigenvalue weighted by molar-refractivity contribution is -0.264. The summed E-state index contributed by atoms with van der Waals surface area (Å²) in [4.78, 5) is 15.6. The highest BCUT2D eigenvalue weighted by Gasteiger charge is 2.00. The average molecular weight is 391 g/mol. The van der Waals surface area contributed by atoms with Gasteiger partial charge in [0.2, 0.25) is 0 Å². The van der Waals surface area contributed by atoms with Gasteiger partial charge >= 0.3 is 5.97 Å². The van der Waals surface area contributed by atoms with Gasteiger partial charge < -0.3 is 4.74 Å². The average Bonchev–Trinajstić information content (AvgIpc) is 2.70. The second kappa shape index (κ2) is 21.4. The molecule has 0 fully saturated rings. The molecule has 0 saturated heterocycles. The highest BCUT2D eigenvalue weighted by atomic mass is 17.1. The fourth-order valence-electron chi connectivity index (χ4n) is 2.39. The van der Waals surface area contributed by atoms with E-state index in [2.05, 4.69) is 42.2 Å². The standard InChI is InChI=1S/C24H38O4/c1-3-5-6-17-20-23(28-26)21-18-15-13-11-9-7-8-10-12-14-16-19-22-24(25)27-4-2/h5-6,8-11,15,17-18,20,23,26H,3-4,7,12-14,16,19,21-22H2,1-2H3/b6-5-,10-8-,11-9-,18-15-,20-17+. The minimum absolute atomic E-state index is 0.0859. The predicted molar refractivity (Wildman–Crippen MR) is 117 cm³/mol. The molecule has 28 heavy (non-hydrogen) atoms. The summed E-state index contributed by atoms with van der Waals surface area (Å²) in [6.07, 6.45) is 28.3. The van der Waals surface area contributed by atoms with Crippen LogP contribution in [-0.4, -0.2) is 23.9 Å². The largest absolute Gasteiger partial charge is 0.466 e. The lowest BCUT2D eigenvalue weighted by Crippen LogP contribution is -2.04. The van der Waals surface area contributed by atoms with Gasteiger partial charge in [-0.15, -0.1) is 0 Å². The van der Waals surface area contributed by atoms with Gasteiger partial charge in [-0.1, -0.05) is 74.1 Å². The Bertz CT molecular complexity index is 501. The van der Waals surface area contributed by atoms with Crippen LogP contribution in [0.3, 0.4) is 0 Å². The third kappa shape index (κ3) is 18.9. The molecule has 0 aliphatic heterocycles. The summed E-state index contributed by atoms with van der Waals surface area (Å²) in [7, 11) is 0. The van der Waals surface area contributed by atoms with Gasteiger partial charge in [-0.3, -0.25) is 10.1 Å². The van der Waals surface area contributed by atoms with Gasteiger partial charge in [-0.2, -0.15) is 0 Å². The van der Waals surface area contributed by atoms with Crippen LogP contribution in [-0.2, 0) is 14.4 Å². The van der Waals surface area contributed by atoms with Crippen molar-refractivity contribution in [2.24, 2.45) is 0 Å². The van der Waals surface area contributed by atoms with Crippen LogP contribution in [0.5, 0.6) is 0 Å². The van der Waals surface area contributed by atoms with Gasteiger partial charge in [-0.05, 0) is 51.9 Å². The SMILES string of the molecule is CC/C=C\C=C\C(C/C=C\C/C=C\C/C=C\CCCCCC(=O)OCC)OO. The Kier molecular flexibility index (Phi) is 19.9. The summed E-state index contributed by atoms with van der Waals surface area (Å²) >= 11 is 0. The molecule has 4 heteroatoms. The van der Waals surface area contributed by atoms with E-state index in [1.165, 1.54) is 0 Å². The van der Waals surface area contributed by atoms with E-state index >= 15 is 0 Å². The Balaban J connectivity index is 3.66. The molecule has 4 nitrogen and oxygen atoms in total. The van der Waals surface area contributed by atoms with Crippen molar-refractivity contribution in [3.05, 3.63) is 60.8 Å². The Morgan fingerprint density at radius 2 is 1.61 bits per heavy atom. The minimum atomic E-state index is -0.304. The third-order valence-electron chi connectivity index (χ3n) is 3.91. The minimum Gasteiger partial charge on any atom is -0.466 e. The molecule has 0 aliphatic carbocycles. The van der Waals surface area contributed by atoms with Gasteiger partial charge in [0.25, 0.3) is 0 Å². The van der Waals surface area contributed by atoms with Crippen molar-refractivity contribution in [2.45, 2.75) is 77.7 Å². The molecule has 0 saturated carbocycles. The van der Waals surface area contributed by atoms with Crippen LogP contribution in [0, 0.1) is 0 Å². The normalized spacial score (nSPS) is 13.7. The van der Waals surface area contributed by atoms with Crippen LogP contribution in [0.4, 0.5) is 0 Å². The van der Waals surface area contributed by atoms with E-state index in [0.717, 1.165) is 44.9 Å². The number of allylic oxidation sites excluding steroid dienone is 8. The first-order valence-corrected chi connectivity index (χ1v) is 10.5. The first-order valence-electron chi connectivity index (χ1n) is 10.5. The first kappa shape index (κ1) is 26.1. The van der Waals surface area contributed by atoms with Gasteiger partial charge in [0.15, 0.2) is 0 Å². The topological polar surface area (TPSA) is 55.8 Å². The third-order valence-corrected chi connectivity index (χ3v) is 3.91. The number of ether oxygens (including phenoxy) is 1. The smallest absolute Gasteiger partial charge is 0.305 e. The molecule has 0 aromatic rings. The molecule has 0 amide bonds. The van der Waals surface area contributed by atoms with E-state index < -0.39 is 0 Å². The van der Waals surface area contributed by atoms with Crippen molar-refractivity contribution in [3.63, 3.8) is 0 Å². The Morgan fingerprint density at radius 3 is 2.29 bits per heavy atom. The summed E-state index contributed by atoms with van der Waals surface area (Å²) in [6.45, 7) is 4.38. The van der Waals surface area contributed by atoms with Crippen molar-refractivity contribution in [3.8, 4) is 0 Å². The van der Waals surface area contributed by atoms with E-state index in [1.807, 2.05) is 37.3 Å². The van der Waals surface area contributed by atoms with Crippen molar-refractivity contribution >= 4 is 5.97 Å². The molecule has 1 unspecified atom stereocenters. The second-order valence-corrected chi connectivity index (χ2v) is 6.39. The Labute approximate surface area is 171 Å². The van der Waals surface area contributed by atoms with Crippen LogP contribution in [0.25, 0.3) is 0 Å². The molecular weight excluding hydrogens is 352 g/mol. The second-order valence-electron chi connectivity index (χ2n) is 6.39. The van der Waals surface area contributed by atoms with E-state index in [0.29, 0.717) is 19.4 Å². The molecule has 0 aromatic heterocycles. The highest BCUT2D eigenvalue weighted by Crippen LogP contribution is 2.05. The fraction of sp³-hybridized carbons (Fsp3) is 0.542. The quantitative estimate of drug-likeness (QED) is 0.0748. The Hall–Kier alpha value is -1.91. The van der Waals surface area contributed by atoms with Gasteiger partial charge in [0.05, 0.1) is 6.61 Å². The number of hydrogen-bond acceptors (Lipinski definition) is 4. The lowest BCUT2D eigenvalue weighted by atomic mass is 10.1. The van der Waals surface area contributed by atoms with Gasteiger partial charge in [0, 0.05) is 6.42 Å². The van der Waals surface area contributed by atoms with Crippen LogP contribution in [0.2, 0.25) is 0 Å². The maximum absolute atomic E-state index is 11.2. The zero-order valence-electron chi connectivity index (χ0n) is 17.6. The highest BCUT2D eigenvalue weighted by molar-refractivity contribution is 5.69. The first-order chi connectivity index (χ1) is 13.7. The summed E-state index contributed by atoms with van der Waals surface area (Å²) in [6, 6.07) is 0. The van der Waals surface area contributed by atoms with Crippen LogP contribution >= 0.6 is 0 Å². The van der Waals surface area contributed by atoms with E-state index in [-0.39, 0.29) is 12.1 Å².